The van der Waals surface area contributed by atoms with Crippen molar-refractivity contribution in [2.75, 3.05) is 5.32 Å². The summed E-state index contributed by atoms with van der Waals surface area (Å²) in [6, 6.07) is 0.0982. The van der Waals surface area contributed by atoms with Crippen molar-refractivity contribution in [3.63, 3.8) is 0 Å². The third kappa shape index (κ3) is 2.52. The molecule has 0 aliphatic rings. The number of nitrogens with two attached hydrogens (primary N) is 1. The van der Waals surface area contributed by atoms with E-state index in [0.29, 0.717) is 0 Å². The Morgan fingerprint density at radius 3 is 2.15 bits per heavy atom. The molecule has 1 aromatic heterocycles. The first-order valence-corrected chi connectivity index (χ1v) is 5.53. The van der Waals surface area contributed by atoms with E-state index >= 15 is 0 Å². The summed E-state index contributed by atoms with van der Waals surface area (Å²) in [7, 11) is 0. The van der Waals surface area contributed by atoms with Crippen LogP contribution < -0.4 is 11.1 Å². The van der Waals surface area contributed by atoms with Crippen LogP contribution in [0.25, 0.3) is 0 Å². The molecule has 0 bridgehead atoms. The summed E-state index contributed by atoms with van der Waals surface area (Å²) in [6.07, 6.45) is 2.44. The molecule has 20 heavy (non-hydrogen) atoms. The van der Waals surface area contributed by atoms with E-state index in [1.54, 1.807) is 0 Å². The molecule has 2 aromatic rings. The van der Waals surface area contributed by atoms with Gasteiger partial charge in [0, 0.05) is 18.5 Å². The van der Waals surface area contributed by atoms with E-state index in [9.17, 15) is 17.6 Å². The highest BCUT2D eigenvalue weighted by molar-refractivity contribution is 7.80. The Morgan fingerprint density at radius 1 is 1.05 bits per heavy atom. The Hall–Kier alpha value is -2.29. The van der Waals surface area contributed by atoms with Crippen molar-refractivity contribution in [1.29, 1.82) is 0 Å². The second kappa shape index (κ2) is 5.37. The van der Waals surface area contributed by atoms with Crippen molar-refractivity contribution in [2.24, 2.45) is 5.73 Å². The van der Waals surface area contributed by atoms with E-state index in [0.717, 1.165) is 0 Å². The molecule has 0 spiro atoms. The van der Waals surface area contributed by atoms with E-state index in [4.69, 9.17) is 5.73 Å². The summed E-state index contributed by atoms with van der Waals surface area (Å²) in [5.74, 6) is -6.51. The Labute approximate surface area is 115 Å². The molecule has 1 heterocycles. The first-order chi connectivity index (χ1) is 9.41. The van der Waals surface area contributed by atoms with Gasteiger partial charge in [0.15, 0.2) is 29.1 Å². The minimum absolute atomic E-state index is 0.0639. The van der Waals surface area contributed by atoms with Crippen LogP contribution in [0.5, 0.6) is 0 Å². The fraction of sp³-hybridized carbons (Fsp3) is 0. The maximum atomic E-state index is 13.5. The zero-order valence-electron chi connectivity index (χ0n) is 9.62. The monoisotopic (exact) mass is 302 g/mol. The van der Waals surface area contributed by atoms with Gasteiger partial charge in [0.2, 0.25) is 0 Å². The average molecular weight is 302 g/mol. The number of halogens is 4. The fourth-order valence-electron chi connectivity index (χ4n) is 1.41. The van der Waals surface area contributed by atoms with Gasteiger partial charge in [-0.05, 0) is 0 Å². The van der Waals surface area contributed by atoms with Crippen LogP contribution >= 0.6 is 12.2 Å². The molecule has 0 amide bonds. The maximum absolute atomic E-state index is 13.5. The Morgan fingerprint density at radius 2 is 1.60 bits per heavy atom. The number of nitrogens with one attached hydrogen (secondary N) is 1. The summed E-state index contributed by atoms with van der Waals surface area (Å²) in [5.41, 5.74) is 4.25. The van der Waals surface area contributed by atoms with E-state index in [-0.39, 0.29) is 22.6 Å². The van der Waals surface area contributed by atoms with E-state index < -0.39 is 29.0 Å². The smallest absolute Gasteiger partial charge is 0.185 e. The molecule has 0 fully saturated rings. The number of anilines is 2. The minimum atomic E-state index is -1.59. The lowest BCUT2D eigenvalue weighted by atomic mass is 10.2. The molecule has 0 unspecified atom stereocenters. The van der Waals surface area contributed by atoms with Crippen LogP contribution in [0.3, 0.4) is 0 Å². The van der Waals surface area contributed by atoms with Crippen molar-refractivity contribution in [2.45, 2.75) is 0 Å². The molecule has 0 aliphatic carbocycles. The molecule has 0 atom stereocenters. The maximum Gasteiger partial charge on any atom is 0.185 e. The van der Waals surface area contributed by atoms with Gasteiger partial charge in [-0.1, -0.05) is 12.2 Å². The van der Waals surface area contributed by atoms with Gasteiger partial charge in [0.1, 0.15) is 16.4 Å². The van der Waals surface area contributed by atoms with Gasteiger partial charge >= 0.3 is 0 Å². The molecule has 1 aromatic carbocycles. The number of benzene rings is 1. The number of aromatic nitrogens is 2. The number of rotatable bonds is 3. The third-order valence-corrected chi connectivity index (χ3v) is 2.48. The Balaban J connectivity index is 2.54. The van der Waals surface area contributed by atoms with Crippen LogP contribution in [0.2, 0.25) is 0 Å². The summed E-state index contributed by atoms with van der Waals surface area (Å²) in [4.78, 5) is 7.28. The normalized spacial score (nSPS) is 10.4. The van der Waals surface area contributed by atoms with Gasteiger partial charge < -0.3 is 11.1 Å². The average Bonchev–Trinajstić information content (AvgIpc) is 2.41. The molecule has 3 N–H and O–H groups in total. The molecule has 104 valence electrons. The fourth-order valence-corrected chi connectivity index (χ4v) is 1.56. The number of thiocarbonyl (C=S) groups is 1. The molecular weight excluding hydrogens is 296 g/mol. The van der Waals surface area contributed by atoms with Gasteiger partial charge in [-0.3, -0.25) is 0 Å². The molecule has 0 saturated carbocycles. The summed E-state index contributed by atoms with van der Waals surface area (Å²) >= 11 is 4.68. The molecule has 9 heteroatoms. The highest BCUT2D eigenvalue weighted by Gasteiger charge is 2.21. The predicted molar refractivity (Wildman–Crippen MR) is 67.5 cm³/mol. The van der Waals surface area contributed by atoms with Crippen LogP contribution in [0.4, 0.5) is 29.1 Å². The second-order valence-electron chi connectivity index (χ2n) is 3.59. The quantitative estimate of drug-likeness (QED) is 0.518. The number of nitrogens with zero attached hydrogens (tertiary/aromatic N) is 2. The van der Waals surface area contributed by atoms with Crippen molar-refractivity contribution < 1.29 is 17.6 Å². The largest absolute Gasteiger partial charge is 0.388 e. The molecule has 0 radical (unpaired) electrons. The molecule has 2 rings (SSSR count). The summed E-state index contributed by atoms with van der Waals surface area (Å²) in [5, 5.41) is 2.10. The van der Waals surface area contributed by atoms with Crippen molar-refractivity contribution in [3.05, 3.63) is 47.4 Å². The highest BCUT2D eigenvalue weighted by atomic mass is 32.1. The van der Waals surface area contributed by atoms with Crippen molar-refractivity contribution >= 4 is 28.7 Å². The first-order valence-electron chi connectivity index (χ1n) is 5.12. The predicted octanol–water partition coefficient (Wildman–Crippen LogP) is 2.41. The Bertz CT molecular complexity index is 666. The van der Waals surface area contributed by atoms with Crippen molar-refractivity contribution in [1.82, 2.24) is 9.97 Å². The molecule has 0 aliphatic heterocycles. The SMILES string of the molecule is NC(=S)c1nccnc1Nc1c(F)c(F)cc(F)c1F. The highest BCUT2D eigenvalue weighted by Crippen LogP contribution is 2.27. The topological polar surface area (TPSA) is 63.8 Å². The van der Waals surface area contributed by atoms with Gasteiger partial charge in [0.25, 0.3) is 0 Å². The van der Waals surface area contributed by atoms with Crippen LogP contribution in [0.15, 0.2) is 18.5 Å². The van der Waals surface area contributed by atoms with Crippen LogP contribution in [0, 0.1) is 23.3 Å². The zero-order valence-corrected chi connectivity index (χ0v) is 10.4. The number of hydrogen-bond acceptors (Lipinski definition) is 4. The van der Waals surface area contributed by atoms with Gasteiger partial charge in [-0.2, -0.15) is 0 Å². The lowest BCUT2D eigenvalue weighted by Crippen LogP contribution is -2.16. The van der Waals surface area contributed by atoms with E-state index in [1.165, 1.54) is 12.4 Å². The lowest BCUT2D eigenvalue weighted by molar-refractivity contribution is 0.459. The van der Waals surface area contributed by atoms with Gasteiger partial charge in [-0.15, -0.1) is 0 Å². The summed E-state index contributed by atoms with van der Waals surface area (Å²) < 4.78 is 53.2. The zero-order chi connectivity index (χ0) is 14.9. The Kier molecular flexibility index (Phi) is 3.79. The molecular formula is C11H6F4N4S. The van der Waals surface area contributed by atoms with Crippen LogP contribution in [-0.4, -0.2) is 15.0 Å². The van der Waals surface area contributed by atoms with Crippen LogP contribution in [0.1, 0.15) is 5.69 Å². The van der Waals surface area contributed by atoms with Gasteiger partial charge in [0.05, 0.1) is 0 Å². The van der Waals surface area contributed by atoms with Crippen LogP contribution in [-0.2, 0) is 0 Å². The van der Waals surface area contributed by atoms with Crippen molar-refractivity contribution in [3.8, 4) is 0 Å². The molecule has 4 nitrogen and oxygen atoms in total. The molecule has 0 saturated heterocycles. The lowest BCUT2D eigenvalue weighted by Gasteiger charge is -2.11. The minimum Gasteiger partial charge on any atom is -0.388 e. The third-order valence-electron chi connectivity index (χ3n) is 2.29. The standard InChI is InChI=1S/C11H6F4N4S/c12-4-3-5(13)7(15)8(6(4)14)19-11-9(10(16)20)17-1-2-18-11/h1-3H,(H2,16,20)(H,18,19). The first kappa shape index (κ1) is 14.1. The summed E-state index contributed by atoms with van der Waals surface area (Å²) in [6.45, 7) is 0. The number of hydrogen-bond donors (Lipinski definition) is 2. The second-order valence-corrected chi connectivity index (χ2v) is 4.03. The van der Waals surface area contributed by atoms with E-state index in [1.807, 2.05) is 0 Å². The van der Waals surface area contributed by atoms with Gasteiger partial charge in [-0.25, -0.2) is 27.5 Å². The van der Waals surface area contributed by atoms with E-state index in [2.05, 4.69) is 27.5 Å².